The number of fused-ring (bicyclic) bond motifs is 1. The Balaban J connectivity index is 1.20. The van der Waals surface area contributed by atoms with Gasteiger partial charge in [-0.2, -0.15) is 5.10 Å². The number of aromatic nitrogens is 2. The van der Waals surface area contributed by atoms with E-state index in [-0.39, 0.29) is 53.7 Å². The van der Waals surface area contributed by atoms with E-state index >= 15 is 0 Å². The highest BCUT2D eigenvalue weighted by Crippen LogP contribution is 2.32. The lowest BCUT2D eigenvalue weighted by Gasteiger charge is -2.34. The average molecular weight is 490 g/mol. The molecule has 36 heavy (non-hydrogen) atoms. The van der Waals surface area contributed by atoms with Gasteiger partial charge >= 0.3 is 0 Å². The van der Waals surface area contributed by atoms with Crippen molar-refractivity contribution in [3.05, 3.63) is 82.2 Å². The zero-order valence-electron chi connectivity index (χ0n) is 20.0. The third-order valence-corrected chi connectivity index (χ3v) is 6.70. The molecule has 0 aliphatic carbocycles. The predicted octanol–water partition coefficient (Wildman–Crippen LogP) is 1.80. The Hall–Kier alpha value is -4.21. The monoisotopic (exact) mass is 489 g/mol. The van der Waals surface area contributed by atoms with E-state index < -0.39 is 0 Å². The maximum atomic E-state index is 13.3. The van der Waals surface area contributed by atoms with Gasteiger partial charge in [0.2, 0.25) is 5.91 Å². The minimum Gasteiger partial charge on any atom is -0.459 e. The summed E-state index contributed by atoms with van der Waals surface area (Å²) in [5, 5.41) is 4.28. The number of amides is 3. The molecule has 10 heteroatoms. The summed E-state index contributed by atoms with van der Waals surface area (Å²) < 4.78 is 6.34. The molecule has 1 saturated heterocycles. The summed E-state index contributed by atoms with van der Waals surface area (Å²) in [7, 11) is 0. The standard InChI is InChI=1S/C26H27N5O5/c1-18-17-19-5-2-3-6-21(19)31(18)25(34)20-8-9-24(33)30(27-20)11-10-23(32)28-12-14-29(15-13-28)26(35)22-7-4-16-36-22/h2-9,16,18H,10-15,17H2,1H3. The highest BCUT2D eigenvalue weighted by atomic mass is 16.3. The van der Waals surface area contributed by atoms with Crippen LogP contribution >= 0.6 is 0 Å². The molecule has 1 unspecified atom stereocenters. The smallest absolute Gasteiger partial charge is 0.289 e. The molecule has 0 bridgehead atoms. The van der Waals surface area contributed by atoms with Crippen LogP contribution in [-0.2, 0) is 17.8 Å². The number of para-hydroxylation sites is 1. The maximum absolute atomic E-state index is 13.3. The van der Waals surface area contributed by atoms with E-state index in [1.54, 1.807) is 26.8 Å². The van der Waals surface area contributed by atoms with Crippen molar-refractivity contribution in [2.75, 3.05) is 31.1 Å². The van der Waals surface area contributed by atoms with Gasteiger partial charge < -0.3 is 19.1 Å². The topological polar surface area (TPSA) is 109 Å². The van der Waals surface area contributed by atoms with Crippen molar-refractivity contribution < 1.29 is 18.8 Å². The van der Waals surface area contributed by atoms with E-state index in [2.05, 4.69) is 5.10 Å². The number of carbonyl (C=O) groups excluding carboxylic acids is 3. The molecule has 3 aromatic rings. The summed E-state index contributed by atoms with van der Waals surface area (Å²) in [6.07, 6.45) is 2.28. The van der Waals surface area contributed by atoms with Gasteiger partial charge in [0.05, 0.1) is 12.8 Å². The van der Waals surface area contributed by atoms with Crippen LogP contribution in [0.3, 0.4) is 0 Å². The van der Waals surface area contributed by atoms with Crippen LogP contribution in [0.1, 0.15) is 40.0 Å². The van der Waals surface area contributed by atoms with Gasteiger partial charge in [-0.05, 0) is 43.2 Å². The molecule has 3 amide bonds. The average Bonchev–Trinajstić information content (AvgIpc) is 3.55. The molecule has 0 saturated carbocycles. The zero-order valence-corrected chi connectivity index (χ0v) is 20.0. The molecule has 0 N–H and O–H groups in total. The fraction of sp³-hybridized carbons (Fsp3) is 0.346. The summed E-state index contributed by atoms with van der Waals surface area (Å²) >= 11 is 0. The molecule has 0 radical (unpaired) electrons. The number of furan rings is 1. The summed E-state index contributed by atoms with van der Waals surface area (Å²) in [4.78, 5) is 55.9. The Kier molecular flexibility index (Phi) is 6.41. The van der Waals surface area contributed by atoms with E-state index in [9.17, 15) is 19.2 Å². The number of nitrogens with zero attached hydrogens (tertiary/aromatic N) is 5. The fourth-order valence-corrected chi connectivity index (χ4v) is 4.80. The van der Waals surface area contributed by atoms with Crippen LogP contribution < -0.4 is 10.5 Å². The molecule has 1 fully saturated rings. The van der Waals surface area contributed by atoms with E-state index in [0.717, 1.165) is 17.7 Å². The Morgan fingerprint density at radius 3 is 2.44 bits per heavy atom. The van der Waals surface area contributed by atoms with Crippen LogP contribution in [0.2, 0.25) is 0 Å². The van der Waals surface area contributed by atoms with Crippen LogP contribution in [0.4, 0.5) is 5.69 Å². The first-order chi connectivity index (χ1) is 17.4. The van der Waals surface area contributed by atoms with Crippen molar-refractivity contribution in [2.24, 2.45) is 0 Å². The van der Waals surface area contributed by atoms with Gasteiger partial charge in [-0.1, -0.05) is 18.2 Å². The SMILES string of the molecule is CC1Cc2ccccc2N1C(=O)c1ccc(=O)n(CCC(=O)N2CCN(C(=O)c3ccco3)CC2)n1. The van der Waals surface area contributed by atoms with E-state index in [0.29, 0.717) is 26.2 Å². The van der Waals surface area contributed by atoms with Crippen molar-refractivity contribution in [3.63, 3.8) is 0 Å². The normalized spacial score (nSPS) is 17.2. The van der Waals surface area contributed by atoms with Gasteiger partial charge in [0.25, 0.3) is 17.4 Å². The second kappa shape index (κ2) is 9.80. The summed E-state index contributed by atoms with van der Waals surface area (Å²) in [6.45, 7) is 3.66. The summed E-state index contributed by atoms with van der Waals surface area (Å²) in [6, 6.07) is 13.8. The number of aryl methyl sites for hydroxylation is 1. The van der Waals surface area contributed by atoms with Gasteiger partial charge in [0.15, 0.2) is 5.76 Å². The number of hydrogen-bond donors (Lipinski definition) is 0. The van der Waals surface area contributed by atoms with Crippen LogP contribution in [0, 0.1) is 0 Å². The lowest BCUT2D eigenvalue weighted by atomic mass is 10.1. The summed E-state index contributed by atoms with van der Waals surface area (Å²) in [5.74, 6) is -0.321. The number of benzene rings is 1. The molecule has 2 aliphatic heterocycles. The van der Waals surface area contributed by atoms with Crippen molar-refractivity contribution in [2.45, 2.75) is 32.4 Å². The lowest BCUT2D eigenvalue weighted by Crippen LogP contribution is -2.50. The quantitative estimate of drug-likeness (QED) is 0.541. The van der Waals surface area contributed by atoms with Crippen molar-refractivity contribution in [1.29, 1.82) is 0 Å². The number of anilines is 1. The highest BCUT2D eigenvalue weighted by Gasteiger charge is 2.32. The molecule has 1 aromatic carbocycles. The van der Waals surface area contributed by atoms with Gasteiger partial charge in [0, 0.05) is 50.4 Å². The van der Waals surface area contributed by atoms with Crippen LogP contribution in [-0.4, -0.2) is 69.5 Å². The predicted molar refractivity (Wildman–Crippen MR) is 131 cm³/mol. The van der Waals surface area contributed by atoms with Crippen molar-refractivity contribution in [1.82, 2.24) is 19.6 Å². The second-order valence-corrected chi connectivity index (χ2v) is 9.04. The first kappa shape index (κ1) is 23.5. The molecule has 0 spiro atoms. The number of carbonyl (C=O) groups is 3. The fourth-order valence-electron chi connectivity index (χ4n) is 4.80. The van der Waals surface area contributed by atoms with Crippen molar-refractivity contribution in [3.8, 4) is 0 Å². The molecule has 5 rings (SSSR count). The first-order valence-corrected chi connectivity index (χ1v) is 12.0. The Morgan fingerprint density at radius 1 is 0.944 bits per heavy atom. The van der Waals surface area contributed by atoms with Gasteiger partial charge in [-0.25, -0.2) is 4.68 Å². The van der Waals surface area contributed by atoms with Crippen LogP contribution in [0.25, 0.3) is 0 Å². The summed E-state index contributed by atoms with van der Waals surface area (Å²) in [5.41, 5.74) is 1.75. The van der Waals surface area contributed by atoms with Gasteiger partial charge in [-0.15, -0.1) is 0 Å². The maximum Gasteiger partial charge on any atom is 0.289 e. The Labute approximate surface area is 207 Å². The Bertz CT molecular complexity index is 1340. The van der Waals surface area contributed by atoms with Gasteiger partial charge in [0.1, 0.15) is 5.69 Å². The molecular formula is C26H27N5O5. The Morgan fingerprint density at radius 2 is 1.69 bits per heavy atom. The minimum absolute atomic E-state index is 0.0167. The third kappa shape index (κ3) is 4.53. The van der Waals surface area contributed by atoms with Crippen molar-refractivity contribution >= 4 is 23.4 Å². The first-order valence-electron chi connectivity index (χ1n) is 12.0. The van der Waals surface area contributed by atoms with E-state index in [4.69, 9.17) is 4.42 Å². The van der Waals surface area contributed by atoms with Crippen LogP contribution in [0.5, 0.6) is 0 Å². The van der Waals surface area contributed by atoms with Gasteiger partial charge in [-0.3, -0.25) is 19.2 Å². The minimum atomic E-state index is -0.372. The second-order valence-electron chi connectivity index (χ2n) is 9.04. The number of piperazine rings is 1. The molecule has 1 atom stereocenters. The molecular weight excluding hydrogens is 462 g/mol. The molecule has 2 aliphatic rings. The lowest BCUT2D eigenvalue weighted by molar-refractivity contribution is -0.133. The molecule has 10 nitrogen and oxygen atoms in total. The number of hydrogen-bond acceptors (Lipinski definition) is 6. The third-order valence-electron chi connectivity index (χ3n) is 6.70. The number of rotatable bonds is 5. The van der Waals surface area contributed by atoms with Crippen LogP contribution in [0.15, 0.2) is 64.0 Å². The van der Waals surface area contributed by atoms with E-state index in [1.807, 2.05) is 31.2 Å². The van der Waals surface area contributed by atoms with E-state index in [1.165, 1.54) is 23.1 Å². The largest absolute Gasteiger partial charge is 0.459 e. The highest BCUT2D eigenvalue weighted by molar-refractivity contribution is 6.06. The molecule has 4 heterocycles. The molecule has 2 aromatic heterocycles. The zero-order chi connectivity index (χ0) is 25.2. The molecule has 186 valence electrons.